The van der Waals surface area contributed by atoms with E-state index in [0.717, 1.165) is 22.2 Å². The van der Waals surface area contributed by atoms with Crippen molar-refractivity contribution < 1.29 is 18.3 Å². The zero-order valence-corrected chi connectivity index (χ0v) is 21.3. The molecule has 3 heterocycles. The van der Waals surface area contributed by atoms with Crippen molar-refractivity contribution in [2.24, 2.45) is 10.2 Å². The van der Waals surface area contributed by atoms with Crippen LogP contribution in [0.15, 0.2) is 83.3 Å². The molecule has 4 aromatic rings. The number of aromatic nitrogens is 3. The predicted molar refractivity (Wildman–Crippen MR) is 143 cm³/mol. The van der Waals surface area contributed by atoms with Crippen molar-refractivity contribution in [2.75, 3.05) is 10.8 Å². The van der Waals surface area contributed by atoms with E-state index in [4.69, 9.17) is 0 Å². The van der Waals surface area contributed by atoms with E-state index < -0.39 is 6.29 Å². The van der Waals surface area contributed by atoms with Crippen molar-refractivity contribution >= 4 is 28.8 Å². The maximum absolute atomic E-state index is 13.3. The van der Waals surface area contributed by atoms with Crippen LogP contribution >= 0.6 is 11.8 Å². The molecule has 0 N–H and O–H groups in total. The number of hydrogen-bond acceptors (Lipinski definition) is 7. The summed E-state index contributed by atoms with van der Waals surface area (Å²) in [6, 6.07) is 20.4. The van der Waals surface area contributed by atoms with Crippen molar-refractivity contribution in [3.8, 4) is 28.6 Å². The van der Waals surface area contributed by atoms with Crippen molar-refractivity contribution in [3.05, 3.63) is 84.2 Å². The van der Waals surface area contributed by atoms with Crippen LogP contribution in [0.25, 0.3) is 17.1 Å². The Morgan fingerprint density at radius 2 is 1.82 bits per heavy atom. The summed E-state index contributed by atoms with van der Waals surface area (Å²) in [6.45, 7) is 4.37. The molecule has 0 amide bonds. The molecule has 1 aromatic heterocycles. The van der Waals surface area contributed by atoms with E-state index in [9.17, 15) is 8.78 Å². The van der Waals surface area contributed by atoms with Crippen molar-refractivity contribution in [3.63, 3.8) is 0 Å². The lowest BCUT2D eigenvalue weighted by atomic mass is 10.0. The van der Waals surface area contributed by atoms with Gasteiger partial charge in [0.15, 0.2) is 22.5 Å². The molecule has 38 heavy (non-hydrogen) atoms. The molecule has 0 spiro atoms. The minimum atomic E-state index is -3.67. The molecular weight excluding hydrogens is 510 g/mol. The van der Waals surface area contributed by atoms with Crippen LogP contribution in [0.2, 0.25) is 0 Å². The van der Waals surface area contributed by atoms with E-state index in [0.29, 0.717) is 17.4 Å². The molecule has 192 valence electrons. The van der Waals surface area contributed by atoms with Gasteiger partial charge in [-0.1, -0.05) is 68.1 Å². The smallest absolute Gasteiger partial charge is 0.395 e. The van der Waals surface area contributed by atoms with Gasteiger partial charge in [-0.15, -0.1) is 19.0 Å². The fourth-order valence-corrected chi connectivity index (χ4v) is 4.84. The van der Waals surface area contributed by atoms with E-state index >= 15 is 0 Å². The maximum Gasteiger partial charge on any atom is 0.586 e. The average molecular weight is 533 g/mol. The van der Waals surface area contributed by atoms with Gasteiger partial charge in [-0.3, -0.25) is 0 Å². The lowest BCUT2D eigenvalue weighted by molar-refractivity contribution is -0.286. The topological polar surface area (TPSA) is 77.1 Å². The minimum Gasteiger partial charge on any atom is -0.395 e. The number of anilines is 1. The summed E-state index contributed by atoms with van der Waals surface area (Å²) in [6.07, 6.45) is -0.451. The van der Waals surface area contributed by atoms with Crippen molar-refractivity contribution in [1.82, 2.24) is 14.8 Å². The first-order valence-corrected chi connectivity index (χ1v) is 12.9. The third-order valence-corrected chi connectivity index (χ3v) is 7.01. The third-order valence-electron chi connectivity index (χ3n) is 6.06. The molecule has 6 rings (SSSR count). The predicted octanol–water partition coefficient (Wildman–Crippen LogP) is 6.28. The number of nitrogens with zero attached hydrogens (tertiary/aromatic N) is 6. The number of ether oxygens (including phenoxy) is 2. The number of alkyl halides is 2. The van der Waals surface area contributed by atoms with Gasteiger partial charge in [0.2, 0.25) is 0 Å². The summed E-state index contributed by atoms with van der Waals surface area (Å²) in [4.78, 5) is 6.52. The second kappa shape index (κ2) is 9.56. The van der Waals surface area contributed by atoms with Gasteiger partial charge in [0, 0.05) is 17.3 Å². The summed E-state index contributed by atoms with van der Waals surface area (Å²) >= 11 is 1.66. The molecule has 1 saturated heterocycles. The quantitative estimate of drug-likeness (QED) is 0.215. The van der Waals surface area contributed by atoms with Gasteiger partial charge >= 0.3 is 6.29 Å². The van der Waals surface area contributed by atoms with Crippen LogP contribution in [0, 0.1) is 0 Å². The van der Waals surface area contributed by atoms with Crippen LogP contribution in [0.3, 0.4) is 0 Å². The summed E-state index contributed by atoms with van der Waals surface area (Å²) in [7, 11) is 0. The Hall–Kier alpha value is -4.25. The summed E-state index contributed by atoms with van der Waals surface area (Å²) in [5, 5.41) is 14.0. The molecule has 3 aromatic carbocycles. The average Bonchev–Trinajstić information content (AvgIpc) is 3.49. The largest absolute Gasteiger partial charge is 0.586 e. The Morgan fingerprint density at radius 3 is 2.58 bits per heavy atom. The first-order chi connectivity index (χ1) is 18.4. The number of rotatable bonds is 6. The number of hydrogen-bond donors (Lipinski definition) is 0. The van der Waals surface area contributed by atoms with Gasteiger partial charge in [-0.05, 0) is 35.2 Å². The van der Waals surface area contributed by atoms with Gasteiger partial charge < -0.3 is 14.4 Å². The fraction of sp³-hybridized carbons (Fsp3) is 0.185. The monoisotopic (exact) mass is 532 g/mol. The highest BCUT2D eigenvalue weighted by Crippen LogP contribution is 2.41. The van der Waals surface area contributed by atoms with Crippen LogP contribution in [0.1, 0.15) is 30.9 Å². The van der Waals surface area contributed by atoms with Crippen LogP contribution in [0.5, 0.6) is 11.5 Å². The van der Waals surface area contributed by atoms with Gasteiger partial charge in [0.05, 0.1) is 17.8 Å². The molecule has 11 heteroatoms. The second-order valence-electron chi connectivity index (χ2n) is 8.98. The third kappa shape index (κ3) is 4.72. The Kier molecular flexibility index (Phi) is 6.07. The summed E-state index contributed by atoms with van der Waals surface area (Å²) in [5.41, 5.74) is 4.66. The van der Waals surface area contributed by atoms with E-state index in [2.05, 4.69) is 66.7 Å². The van der Waals surface area contributed by atoms with Crippen LogP contribution in [0.4, 0.5) is 14.5 Å². The minimum absolute atomic E-state index is 0.0227. The molecule has 0 bridgehead atoms. The summed E-state index contributed by atoms with van der Waals surface area (Å²) in [5.74, 6) is 1.69. The molecule has 0 unspecified atom stereocenters. The molecule has 0 saturated carbocycles. The standard InChI is InChI=1S/C27H22F2N6O2S/c1-17(2)21-5-3-4-6-22(21)34-16-38-26(34)32-31-14-18-7-9-19(10-8-18)25-30-15-35(33-25)20-11-12-23-24(13-20)37-27(28,29)36-23/h3-15,17H,16H2,1-2H3. The zero-order valence-electron chi connectivity index (χ0n) is 20.5. The Labute approximate surface area is 221 Å². The SMILES string of the molecule is CC(C)c1ccccc1N1CSC1=NN=Cc1ccc(-c2ncn(-c3ccc4c(c3)OC(F)(F)O4)n2)cc1. The number of para-hydroxylation sites is 1. The van der Waals surface area contributed by atoms with Gasteiger partial charge in [-0.2, -0.15) is 5.10 Å². The first kappa shape index (κ1) is 24.1. The highest BCUT2D eigenvalue weighted by atomic mass is 32.2. The van der Waals surface area contributed by atoms with E-state index in [-0.39, 0.29) is 11.5 Å². The highest BCUT2D eigenvalue weighted by molar-refractivity contribution is 8.16. The summed E-state index contributed by atoms with van der Waals surface area (Å²) < 4.78 is 37.0. The van der Waals surface area contributed by atoms with E-state index in [1.54, 1.807) is 24.0 Å². The molecule has 1 fully saturated rings. The number of halogens is 2. The van der Waals surface area contributed by atoms with E-state index in [1.165, 1.54) is 34.4 Å². The molecule has 2 aliphatic heterocycles. The lowest BCUT2D eigenvalue weighted by Gasteiger charge is -2.34. The highest BCUT2D eigenvalue weighted by Gasteiger charge is 2.43. The van der Waals surface area contributed by atoms with Crippen LogP contribution < -0.4 is 14.4 Å². The first-order valence-electron chi connectivity index (χ1n) is 11.9. The molecule has 8 nitrogen and oxygen atoms in total. The van der Waals surface area contributed by atoms with Gasteiger partial charge in [0.1, 0.15) is 6.33 Å². The molecule has 0 aliphatic carbocycles. The van der Waals surface area contributed by atoms with Crippen molar-refractivity contribution in [1.29, 1.82) is 0 Å². The lowest BCUT2D eigenvalue weighted by Crippen LogP contribution is -2.39. The zero-order chi connectivity index (χ0) is 26.3. The molecule has 0 radical (unpaired) electrons. The normalized spacial score (nSPS) is 17.0. The van der Waals surface area contributed by atoms with Crippen LogP contribution in [-0.2, 0) is 0 Å². The number of amidine groups is 1. The van der Waals surface area contributed by atoms with Gasteiger partial charge in [0.25, 0.3) is 0 Å². The van der Waals surface area contributed by atoms with Crippen molar-refractivity contribution in [2.45, 2.75) is 26.1 Å². The maximum atomic E-state index is 13.3. The Bertz CT molecular complexity index is 1550. The molecule has 0 atom stereocenters. The van der Waals surface area contributed by atoms with E-state index in [1.807, 2.05) is 30.3 Å². The number of benzene rings is 3. The fourth-order valence-electron chi connectivity index (χ4n) is 4.13. The number of fused-ring (bicyclic) bond motifs is 1. The van der Waals surface area contributed by atoms with Crippen LogP contribution in [-0.4, -0.2) is 38.3 Å². The molecule has 2 aliphatic rings. The Balaban J connectivity index is 1.13. The Morgan fingerprint density at radius 1 is 1.03 bits per heavy atom. The second-order valence-corrected chi connectivity index (χ2v) is 9.89. The molecular formula is C27H22F2N6O2S. The number of thioether (sulfide) groups is 1. The van der Waals surface area contributed by atoms with Gasteiger partial charge in [-0.25, -0.2) is 9.67 Å².